The fraction of sp³-hybridized carbons (Fsp3) is 0.273. The van der Waals surface area contributed by atoms with Crippen LogP contribution in [0, 0.1) is 5.82 Å². The van der Waals surface area contributed by atoms with Gasteiger partial charge in [-0.2, -0.15) is 0 Å². The van der Waals surface area contributed by atoms with E-state index in [1.807, 2.05) is 0 Å². The molecule has 0 saturated carbocycles. The molecule has 1 aromatic heterocycles. The third-order valence-corrected chi connectivity index (χ3v) is 4.54. The number of carbonyl (C=O) groups excluding carboxylic acids is 2. The highest BCUT2D eigenvalue weighted by Gasteiger charge is 2.24. The zero-order valence-electron chi connectivity index (χ0n) is 18.2. The number of nitrogens with zero attached hydrogens (tertiary/aromatic N) is 2. The van der Waals surface area contributed by atoms with Gasteiger partial charge >= 0.3 is 17.8 Å². The second-order valence-corrected chi connectivity index (χ2v) is 8.00. The van der Waals surface area contributed by atoms with Crippen LogP contribution in [0.2, 0.25) is 0 Å². The van der Waals surface area contributed by atoms with Crippen molar-refractivity contribution in [1.82, 2.24) is 9.55 Å². The summed E-state index contributed by atoms with van der Waals surface area (Å²) in [6.07, 6.45) is -0.807. The van der Waals surface area contributed by atoms with Gasteiger partial charge in [-0.3, -0.25) is 9.69 Å². The Kier molecular flexibility index (Phi) is 5.89. The number of halogens is 1. The molecule has 10 heteroatoms. The molecular formula is C22H22FN3O6. The lowest BCUT2D eigenvalue weighted by molar-refractivity contribution is 0.0583. The van der Waals surface area contributed by atoms with E-state index in [9.17, 15) is 23.6 Å². The molecule has 0 radical (unpaired) electrons. The smallest absolute Gasteiger partial charge is 0.414 e. The molecule has 0 saturated heterocycles. The summed E-state index contributed by atoms with van der Waals surface area (Å²) in [6, 6.07) is 7.77. The number of hydrogen-bond donors (Lipinski definition) is 1. The van der Waals surface area contributed by atoms with Crippen LogP contribution in [-0.2, 0) is 9.47 Å². The van der Waals surface area contributed by atoms with Crippen LogP contribution in [0.3, 0.4) is 0 Å². The predicted molar refractivity (Wildman–Crippen MR) is 116 cm³/mol. The van der Waals surface area contributed by atoms with E-state index in [2.05, 4.69) is 9.72 Å². The van der Waals surface area contributed by atoms with Crippen LogP contribution in [0.5, 0.6) is 0 Å². The van der Waals surface area contributed by atoms with Gasteiger partial charge in [-0.05, 0) is 51.1 Å². The topological polar surface area (TPSA) is 111 Å². The third kappa shape index (κ3) is 4.39. The number of esters is 1. The first-order valence-electron chi connectivity index (χ1n) is 9.57. The lowest BCUT2D eigenvalue weighted by atomic mass is 10.1. The summed E-state index contributed by atoms with van der Waals surface area (Å²) < 4.78 is 25.4. The van der Waals surface area contributed by atoms with E-state index in [0.717, 1.165) is 15.5 Å². The Morgan fingerprint density at radius 2 is 1.72 bits per heavy atom. The van der Waals surface area contributed by atoms with Gasteiger partial charge in [-0.15, -0.1) is 0 Å². The number of amides is 1. The average Bonchev–Trinajstić information content (AvgIpc) is 2.71. The maximum atomic E-state index is 14.7. The van der Waals surface area contributed by atoms with Gasteiger partial charge in [-0.1, -0.05) is 0 Å². The van der Waals surface area contributed by atoms with E-state index in [0.29, 0.717) is 0 Å². The SMILES string of the molecule is COC(=O)c1ccc(-n2c(=O)[nH]c3cc(F)c(N(C)C(=O)OC(C)(C)C)cc3c2=O)cc1. The highest BCUT2D eigenvalue weighted by atomic mass is 19.1. The number of anilines is 1. The van der Waals surface area contributed by atoms with E-state index in [-0.39, 0.29) is 27.8 Å². The molecule has 0 spiro atoms. The van der Waals surface area contributed by atoms with Crippen LogP contribution in [0.15, 0.2) is 46.0 Å². The molecule has 0 aliphatic carbocycles. The number of rotatable bonds is 3. The molecule has 0 unspecified atom stereocenters. The molecule has 0 fully saturated rings. The van der Waals surface area contributed by atoms with Crippen molar-refractivity contribution in [3.63, 3.8) is 0 Å². The second kappa shape index (κ2) is 8.29. The van der Waals surface area contributed by atoms with Crippen molar-refractivity contribution in [2.45, 2.75) is 26.4 Å². The van der Waals surface area contributed by atoms with Crippen molar-refractivity contribution in [2.75, 3.05) is 19.1 Å². The number of benzene rings is 2. The van der Waals surface area contributed by atoms with Crippen LogP contribution in [0.25, 0.3) is 16.6 Å². The first-order chi connectivity index (χ1) is 14.9. The molecule has 32 heavy (non-hydrogen) atoms. The number of fused-ring (bicyclic) bond motifs is 1. The molecule has 3 aromatic rings. The summed E-state index contributed by atoms with van der Waals surface area (Å²) in [4.78, 5) is 53.0. The van der Waals surface area contributed by atoms with Gasteiger partial charge in [-0.25, -0.2) is 23.3 Å². The van der Waals surface area contributed by atoms with Crippen LogP contribution >= 0.6 is 0 Å². The molecule has 0 bridgehead atoms. The molecule has 9 nitrogen and oxygen atoms in total. The summed E-state index contributed by atoms with van der Waals surface area (Å²) in [7, 11) is 2.55. The third-order valence-electron chi connectivity index (χ3n) is 4.54. The summed E-state index contributed by atoms with van der Waals surface area (Å²) in [6.45, 7) is 5.01. The Balaban J connectivity index is 2.13. The maximum absolute atomic E-state index is 14.7. The number of H-pyrrole nitrogens is 1. The van der Waals surface area contributed by atoms with Gasteiger partial charge in [0, 0.05) is 13.1 Å². The fourth-order valence-electron chi connectivity index (χ4n) is 3.01. The number of aromatic amines is 1. The monoisotopic (exact) mass is 443 g/mol. The first-order valence-corrected chi connectivity index (χ1v) is 9.57. The molecule has 1 amide bonds. The highest BCUT2D eigenvalue weighted by molar-refractivity contribution is 5.92. The number of nitrogens with one attached hydrogen (secondary N) is 1. The number of aromatic nitrogens is 2. The molecule has 0 atom stereocenters. The molecule has 2 aromatic carbocycles. The Morgan fingerprint density at radius 3 is 2.28 bits per heavy atom. The molecule has 0 aliphatic rings. The van der Waals surface area contributed by atoms with Crippen molar-refractivity contribution in [3.8, 4) is 5.69 Å². The highest BCUT2D eigenvalue weighted by Crippen LogP contribution is 2.24. The number of methoxy groups -OCH3 is 1. The summed E-state index contributed by atoms with van der Waals surface area (Å²) in [5.74, 6) is -1.39. The number of hydrogen-bond acceptors (Lipinski definition) is 6. The predicted octanol–water partition coefficient (Wildman–Crippen LogP) is 2.98. The number of carbonyl (C=O) groups is 2. The van der Waals surface area contributed by atoms with Crippen molar-refractivity contribution in [3.05, 3.63) is 68.6 Å². The average molecular weight is 443 g/mol. The van der Waals surface area contributed by atoms with Gasteiger partial charge in [0.15, 0.2) is 0 Å². The van der Waals surface area contributed by atoms with E-state index in [1.54, 1.807) is 20.8 Å². The standard InChI is InChI=1S/C22H22FN3O6/c1-22(2,3)32-21(30)25(4)17-10-14-16(11-15(17)23)24-20(29)26(18(14)27)13-8-6-12(7-9-13)19(28)31-5/h6-11H,1-5H3,(H,24,29). The lowest BCUT2D eigenvalue weighted by Gasteiger charge is -2.25. The molecule has 1 heterocycles. The minimum Gasteiger partial charge on any atom is -0.465 e. The van der Waals surface area contributed by atoms with Crippen molar-refractivity contribution in [2.24, 2.45) is 0 Å². The van der Waals surface area contributed by atoms with Gasteiger partial charge < -0.3 is 14.5 Å². The van der Waals surface area contributed by atoms with Gasteiger partial charge in [0.1, 0.15) is 11.4 Å². The molecule has 3 rings (SSSR count). The maximum Gasteiger partial charge on any atom is 0.414 e. The van der Waals surface area contributed by atoms with Gasteiger partial charge in [0.05, 0.1) is 35.0 Å². The fourth-order valence-corrected chi connectivity index (χ4v) is 3.01. The van der Waals surface area contributed by atoms with Crippen LogP contribution < -0.4 is 16.1 Å². The Bertz CT molecular complexity index is 1320. The number of ether oxygens (including phenoxy) is 2. The molecular weight excluding hydrogens is 421 g/mol. The van der Waals surface area contributed by atoms with E-state index >= 15 is 0 Å². The Labute approximate surface area is 182 Å². The molecule has 0 aliphatic heterocycles. The summed E-state index contributed by atoms with van der Waals surface area (Å²) >= 11 is 0. The van der Waals surface area contributed by atoms with Gasteiger partial charge in [0.2, 0.25) is 0 Å². The molecule has 1 N–H and O–H groups in total. The minimum atomic E-state index is -0.818. The second-order valence-electron chi connectivity index (χ2n) is 8.00. The van der Waals surface area contributed by atoms with Gasteiger partial charge in [0.25, 0.3) is 5.56 Å². The zero-order chi connectivity index (χ0) is 23.8. The van der Waals surface area contributed by atoms with Crippen LogP contribution in [0.4, 0.5) is 14.9 Å². The largest absolute Gasteiger partial charge is 0.465 e. The Hall–Kier alpha value is -3.95. The normalized spacial score (nSPS) is 11.3. The lowest BCUT2D eigenvalue weighted by Crippen LogP contribution is -2.35. The van der Waals surface area contributed by atoms with Crippen LogP contribution in [-0.4, -0.2) is 41.4 Å². The van der Waals surface area contributed by atoms with Crippen molar-refractivity contribution < 1.29 is 23.5 Å². The molecule has 168 valence electrons. The summed E-state index contributed by atoms with van der Waals surface area (Å²) in [5, 5.41) is -0.0200. The summed E-state index contributed by atoms with van der Waals surface area (Å²) in [5.41, 5.74) is -2.10. The first kappa shape index (κ1) is 22.7. The van der Waals surface area contributed by atoms with E-state index < -0.39 is 34.7 Å². The van der Waals surface area contributed by atoms with E-state index in [1.165, 1.54) is 44.5 Å². The van der Waals surface area contributed by atoms with Crippen molar-refractivity contribution in [1.29, 1.82) is 0 Å². The van der Waals surface area contributed by atoms with Crippen molar-refractivity contribution >= 4 is 28.7 Å². The quantitative estimate of drug-likeness (QED) is 0.623. The van der Waals surface area contributed by atoms with Crippen LogP contribution in [0.1, 0.15) is 31.1 Å². The zero-order valence-corrected chi connectivity index (χ0v) is 18.2. The Morgan fingerprint density at radius 1 is 1.09 bits per heavy atom. The van der Waals surface area contributed by atoms with E-state index in [4.69, 9.17) is 4.74 Å². The minimum absolute atomic E-state index is 0.0200.